The van der Waals surface area contributed by atoms with Crippen molar-refractivity contribution < 1.29 is 9.18 Å². The summed E-state index contributed by atoms with van der Waals surface area (Å²) in [7, 11) is 1.77. The van der Waals surface area contributed by atoms with Gasteiger partial charge >= 0.3 is 0 Å². The Morgan fingerprint density at radius 1 is 1.20 bits per heavy atom. The van der Waals surface area contributed by atoms with Crippen LogP contribution in [0.2, 0.25) is 0 Å². The van der Waals surface area contributed by atoms with Crippen molar-refractivity contribution >= 4 is 34.8 Å². The second-order valence-corrected chi connectivity index (χ2v) is 7.60. The molecule has 2 fully saturated rings. The van der Waals surface area contributed by atoms with Crippen molar-refractivity contribution in [1.82, 2.24) is 24.9 Å². The highest BCUT2D eigenvalue weighted by Crippen LogP contribution is 2.27. The molecule has 3 N–H and O–H groups in total. The summed E-state index contributed by atoms with van der Waals surface area (Å²) in [6.07, 6.45) is 3.19. The minimum Gasteiger partial charge on any atom is -0.373 e. The number of carbonyl (C=O) groups is 1. The lowest BCUT2D eigenvalue weighted by Crippen LogP contribution is -2.27. The first-order valence-corrected chi connectivity index (χ1v) is 10.1. The fourth-order valence-corrected chi connectivity index (χ4v) is 3.67. The zero-order valence-corrected chi connectivity index (χ0v) is 16.6. The van der Waals surface area contributed by atoms with Gasteiger partial charge in [0.1, 0.15) is 35.0 Å². The number of rotatable bonds is 6. The molecule has 2 aliphatic rings. The topological polar surface area (TPSA) is 99.5 Å². The Balaban J connectivity index is 1.45. The zero-order chi connectivity index (χ0) is 20.7. The number of aromatic nitrogens is 4. The van der Waals surface area contributed by atoms with Crippen LogP contribution in [0.3, 0.4) is 0 Å². The van der Waals surface area contributed by atoms with Gasteiger partial charge in [-0.3, -0.25) is 4.79 Å². The van der Waals surface area contributed by atoms with E-state index < -0.39 is 12.2 Å². The molecule has 30 heavy (non-hydrogen) atoms. The van der Waals surface area contributed by atoms with Crippen molar-refractivity contribution in [2.75, 3.05) is 35.7 Å². The molecule has 0 aromatic carbocycles. The molecule has 0 bridgehead atoms. The van der Waals surface area contributed by atoms with Crippen LogP contribution >= 0.6 is 0 Å². The number of amides is 1. The second-order valence-electron chi connectivity index (χ2n) is 7.60. The Hall–Kier alpha value is -3.43. The summed E-state index contributed by atoms with van der Waals surface area (Å²) in [4.78, 5) is 24.1. The van der Waals surface area contributed by atoms with Crippen LogP contribution in [0, 0.1) is 0 Å². The molecule has 0 unspecified atom stereocenters. The van der Waals surface area contributed by atoms with Gasteiger partial charge in [-0.25, -0.2) is 14.4 Å². The Kier molecular flexibility index (Phi) is 4.61. The van der Waals surface area contributed by atoms with Crippen LogP contribution in [0.15, 0.2) is 30.5 Å². The third kappa shape index (κ3) is 3.49. The molecule has 3 aromatic heterocycles. The molecule has 1 aliphatic carbocycles. The number of hydrogen-bond donors (Lipinski definition) is 3. The van der Waals surface area contributed by atoms with Crippen molar-refractivity contribution in [3.05, 3.63) is 36.0 Å². The van der Waals surface area contributed by atoms with Crippen LogP contribution in [-0.4, -0.2) is 57.8 Å². The molecule has 4 heterocycles. The van der Waals surface area contributed by atoms with Crippen LogP contribution in [-0.2, 0) is 0 Å². The quantitative estimate of drug-likeness (QED) is 0.574. The molecule has 0 radical (unpaired) electrons. The normalized spacial score (nSPS) is 20.4. The molecule has 1 amide bonds. The number of fused-ring (bicyclic) bond motifs is 1. The van der Waals surface area contributed by atoms with Gasteiger partial charge in [-0.15, -0.1) is 0 Å². The van der Waals surface area contributed by atoms with Crippen molar-refractivity contribution in [3.63, 3.8) is 0 Å². The van der Waals surface area contributed by atoms with E-state index in [2.05, 4.69) is 30.9 Å². The van der Waals surface area contributed by atoms with Crippen LogP contribution in [0.25, 0.3) is 5.65 Å². The predicted molar refractivity (Wildman–Crippen MR) is 112 cm³/mol. The standard InChI is InChI=1S/C20H23FN8O/c1-22-18-10-16(25-15-5-4-6-17(26-15)28-7-2-3-8-28)27-19-12(11-23-29(18)19)20(30)24-14-9-13(14)21/h4-6,10-11,13-14,22H,2-3,7-9H2,1H3,(H,24,30)(H,25,26,27)/t13-,14+/m1/s1. The van der Waals surface area contributed by atoms with E-state index in [1.807, 2.05) is 18.2 Å². The van der Waals surface area contributed by atoms with E-state index >= 15 is 0 Å². The first-order chi connectivity index (χ1) is 14.6. The summed E-state index contributed by atoms with van der Waals surface area (Å²) >= 11 is 0. The summed E-state index contributed by atoms with van der Waals surface area (Å²) in [5, 5.41) is 13.2. The Morgan fingerprint density at radius 2 is 2.00 bits per heavy atom. The van der Waals surface area contributed by atoms with E-state index in [4.69, 9.17) is 4.98 Å². The third-order valence-electron chi connectivity index (χ3n) is 5.42. The second kappa shape index (κ2) is 7.43. The minimum atomic E-state index is -0.970. The number of carbonyl (C=O) groups excluding carboxylic acids is 1. The van der Waals surface area contributed by atoms with Gasteiger partial charge in [-0.1, -0.05) is 6.07 Å². The average molecular weight is 410 g/mol. The molecule has 10 heteroatoms. The number of anilines is 4. The maximum absolute atomic E-state index is 13.2. The summed E-state index contributed by atoms with van der Waals surface area (Å²) < 4.78 is 14.7. The Bertz CT molecular complexity index is 1090. The lowest BCUT2D eigenvalue weighted by Gasteiger charge is -2.17. The Morgan fingerprint density at radius 3 is 2.73 bits per heavy atom. The van der Waals surface area contributed by atoms with Crippen molar-refractivity contribution in [1.29, 1.82) is 0 Å². The number of hydrogen-bond acceptors (Lipinski definition) is 7. The number of nitrogens with zero attached hydrogens (tertiary/aromatic N) is 5. The fourth-order valence-electron chi connectivity index (χ4n) is 3.67. The van der Waals surface area contributed by atoms with Crippen LogP contribution in [0.4, 0.5) is 27.7 Å². The first-order valence-electron chi connectivity index (χ1n) is 10.1. The highest BCUT2D eigenvalue weighted by Gasteiger charge is 2.39. The SMILES string of the molecule is CNc1cc(Nc2cccc(N3CCCC3)n2)nc2c(C(=O)N[C@H]3C[C@H]3F)cnn12. The highest BCUT2D eigenvalue weighted by molar-refractivity contribution is 6.00. The number of nitrogens with one attached hydrogen (secondary N) is 3. The number of pyridine rings is 1. The maximum atomic E-state index is 13.2. The number of alkyl halides is 1. The number of halogens is 1. The summed E-state index contributed by atoms with van der Waals surface area (Å²) in [5.41, 5.74) is 0.682. The molecule has 0 spiro atoms. The molecule has 156 valence electrons. The van der Waals surface area contributed by atoms with Crippen molar-refractivity contribution in [3.8, 4) is 0 Å². The average Bonchev–Trinajstić information content (AvgIpc) is 3.18. The molecule has 2 atom stereocenters. The van der Waals surface area contributed by atoms with Gasteiger partial charge in [0.25, 0.3) is 5.91 Å². The smallest absolute Gasteiger partial charge is 0.257 e. The zero-order valence-electron chi connectivity index (χ0n) is 16.6. The van der Waals surface area contributed by atoms with Crippen LogP contribution in [0.1, 0.15) is 29.6 Å². The van der Waals surface area contributed by atoms with Crippen molar-refractivity contribution in [2.45, 2.75) is 31.5 Å². The van der Waals surface area contributed by atoms with Gasteiger partial charge < -0.3 is 20.9 Å². The van der Waals surface area contributed by atoms with Gasteiger partial charge in [0.15, 0.2) is 5.65 Å². The Labute approximate surface area is 172 Å². The third-order valence-corrected chi connectivity index (χ3v) is 5.42. The van der Waals surface area contributed by atoms with Crippen LogP contribution in [0.5, 0.6) is 0 Å². The monoisotopic (exact) mass is 410 g/mol. The predicted octanol–water partition coefficient (Wildman–Crippen LogP) is 2.35. The van der Waals surface area contributed by atoms with Crippen molar-refractivity contribution in [2.24, 2.45) is 0 Å². The molecular formula is C20H23FN8O. The van der Waals surface area contributed by atoms with E-state index in [0.29, 0.717) is 35.1 Å². The maximum Gasteiger partial charge on any atom is 0.257 e. The molecule has 1 saturated carbocycles. The van der Waals surface area contributed by atoms with Gasteiger partial charge in [0, 0.05) is 32.6 Å². The molecule has 1 aliphatic heterocycles. The van der Waals surface area contributed by atoms with Crippen LogP contribution < -0.4 is 20.9 Å². The summed E-state index contributed by atoms with van der Waals surface area (Å²) in [5.74, 6) is 2.41. The molecular weight excluding hydrogens is 387 g/mol. The van der Waals surface area contributed by atoms with E-state index in [-0.39, 0.29) is 5.91 Å². The molecule has 3 aromatic rings. The summed E-state index contributed by atoms with van der Waals surface area (Å²) in [6, 6.07) is 7.21. The lowest BCUT2D eigenvalue weighted by atomic mass is 10.3. The van der Waals surface area contributed by atoms with Gasteiger partial charge in [-0.05, 0) is 25.0 Å². The summed E-state index contributed by atoms with van der Waals surface area (Å²) in [6.45, 7) is 2.03. The van der Waals surface area contributed by atoms with E-state index in [1.54, 1.807) is 17.6 Å². The fraction of sp³-hybridized carbons (Fsp3) is 0.400. The molecule has 9 nitrogen and oxygen atoms in total. The first kappa shape index (κ1) is 18.6. The van der Waals surface area contributed by atoms with Gasteiger partial charge in [0.05, 0.1) is 12.2 Å². The molecule has 5 rings (SSSR count). The molecule has 1 saturated heterocycles. The lowest BCUT2D eigenvalue weighted by molar-refractivity contribution is 0.0949. The van der Waals surface area contributed by atoms with E-state index in [9.17, 15) is 9.18 Å². The van der Waals surface area contributed by atoms with E-state index in [0.717, 1.165) is 18.9 Å². The van der Waals surface area contributed by atoms with Gasteiger partial charge in [0.2, 0.25) is 0 Å². The highest BCUT2D eigenvalue weighted by atomic mass is 19.1. The van der Waals surface area contributed by atoms with E-state index in [1.165, 1.54) is 19.0 Å². The van der Waals surface area contributed by atoms with Gasteiger partial charge in [-0.2, -0.15) is 9.61 Å². The minimum absolute atomic E-state index is 0.299. The largest absolute Gasteiger partial charge is 0.373 e.